The second-order valence-electron chi connectivity index (χ2n) is 8.98. The molecule has 0 bridgehead atoms. The number of piperidine rings is 1. The predicted octanol–water partition coefficient (Wildman–Crippen LogP) is 0.129. The number of nitrogens with zero attached hydrogens (tertiary/aromatic N) is 2. The average molecular weight is 396 g/mol. The first kappa shape index (κ1) is 18.4. The van der Waals surface area contributed by atoms with E-state index in [1.54, 1.807) is 12.1 Å². The van der Waals surface area contributed by atoms with Crippen LogP contribution in [0.5, 0.6) is 0 Å². The highest BCUT2D eigenvalue weighted by molar-refractivity contribution is 6.23. The van der Waals surface area contributed by atoms with E-state index in [1.807, 2.05) is 6.07 Å². The van der Waals surface area contributed by atoms with E-state index in [2.05, 4.69) is 22.5 Å². The Morgan fingerprint density at radius 2 is 1.93 bits per heavy atom. The van der Waals surface area contributed by atoms with Gasteiger partial charge in [-0.1, -0.05) is 13.0 Å². The summed E-state index contributed by atoms with van der Waals surface area (Å²) in [6, 6.07) is 4.45. The van der Waals surface area contributed by atoms with Gasteiger partial charge in [-0.25, -0.2) is 0 Å². The molecule has 29 heavy (non-hydrogen) atoms. The molecular formula is C21H24N4O4. The van der Waals surface area contributed by atoms with Crippen LogP contribution in [0.1, 0.15) is 46.0 Å². The largest absolute Gasteiger partial charge is 0.316 e. The number of imide groups is 2. The third-order valence-corrected chi connectivity index (χ3v) is 6.88. The van der Waals surface area contributed by atoms with Crippen molar-refractivity contribution in [2.45, 2.75) is 32.4 Å². The Hall–Kier alpha value is -2.58. The van der Waals surface area contributed by atoms with Crippen LogP contribution in [0.2, 0.25) is 0 Å². The summed E-state index contributed by atoms with van der Waals surface area (Å²) in [4.78, 5) is 52.7. The number of rotatable bonds is 3. The summed E-state index contributed by atoms with van der Waals surface area (Å²) in [5.41, 5.74) is 1.97. The molecule has 3 fully saturated rings. The smallest absolute Gasteiger partial charge is 0.262 e. The molecule has 1 aromatic carbocycles. The standard InChI is InChI=1S/C21H24N4O4/c1-21-10-22-7-13(21)9-24(11-21)8-12-2-3-14-15(6-12)20(29)25(19(14)28)16-4-5-17(26)23-18(16)27/h2-3,6,13,16,22H,4-5,7-11H2,1H3,(H,23,26,27)/t13-,16?,21+/m1/s1. The molecule has 152 valence electrons. The fraction of sp³-hybridized carbons (Fsp3) is 0.524. The van der Waals surface area contributed by atoms with Gasteiger partial charge in [0.2, 0.25) is 11.8 Å². The number of hydrogen-bond acceptors (Lipinski definition) is 6. The van der Waals surface area contributed by atoms with Crippen LogP contribution in [0.4, 0.5) is 0 Å². The molecule has 4 aliphatic heterocycles. The Morgan fingerprint density at radius 3 is 2.69 bits per heavy atom. The van der Waals surface area contributed by atoms with E-state index in [4.69, 9.17) is 0 Å². The first-order valence-corrected chi connectivity index (χ1v) is 10.1. The highest BCUT2D eigenvalue weighted by Crippen LogP contribution is 2.39. The molecule has 4 aliphatic rings. The van der Waals surface area contributed by atoms with Crippen LogP contribution >= 0.6 is 0 Å². The fourth-order valence-electron chi connectivity index (χ4n) is 5.27. The second-order valence-corrected chi connectivity index (χ2v) is 8.98. The maximum absolute atomic E-state index is 13.0. The zero-order valence-corrected chi connectivity index (χ0v) is 16.4. The Balaban J connectivity index is 1.35. The van der Waals surface area contributed by atoms with E-state index in [-0.39, 0.29) is 18.7 Å². The van der Waals surface area contributed by atoms with Gasteiger partial charge in [0.25, 0.3) is 11.8 Å². The van der Waals surface area contributed by atoms with Gasteiger partial charge < -0.3 is 5.32 Å². The van der Waals surface area contributed by atoms with Crippen molar-refractivity contribution in [3.05, 3.63) is 34.9 Å². The number of fused-ring (bicyclic) bond motifs is 2. The number of amides is 4. The first-order valence-electron chi connectivity index (χ1n) is 10.1. The third kappa shape index (κ3) is 2.89. The van der Waals surface area contributed by atoms with Gasteiger partial charge in [-0.3, -0.25) is 34.3 Å². The van der Waals surface area contributed by atoms with Crippen molar-refractivity contribution >= 4 is 23.6 Å². The Morgan fingerprint density at radius 1 is 1.14 bits per heavy atom. The molecule has 0 saturated carbocycles. The van der Waals surface area contributed by atoms with Crippen LogP contribution in [0, 0.1) is 11.3 Å². The minimum atomic E-state index is -0.922. The molecule has 8 heteroatoms. The molecule has 2 N–H and O–H groups in total. The molecule has 1 aromatic rings. The summed E-state index contributed by atoms with van der Waals surface area (Å²) >= 11 is 0. The number of hydrogen-bond donors (Lipinski definition) is 2. The minimum absolute atomic E-state index is 0.124. The summed E-state index contributed by atoms with van der Waals surface area (Å²) in [7, 11) is 0. The maximum atomic E-state index is 13.0. The van der Waals surface area contributed by atoms with Crippen molar-refractivity contribution in [1.29, 1.82) is 0 Å². The van der Waals surface area contributed by atoms with Crippen LogP contribution < -0.4 is 10.6 Å². The quantitative estimate of drug-likeness (QED) is 0.705. The molecule has 0 radical (unpaired) electrons. The van der Waals surface area contributed by atoms with E-state index in [9.17, 15) is 19.2 Å². The molecule has 3 saturated heterocycles. The van der Waals surface area contributed by atoms with Crippen LogP contribution in [0.25, 0.3) is 0 Å². The normalized spacial score (nSPS) is 32.0. The molecule has 4 amide bonds. The van der Waals surface area contributed by atoms with E-state index >= 15 is 0 Å². The lowest BCUT2D eigenvalue weighted by Crippen LogP contribution is -2.54. The van der Waals surface area contributed by atoms with Gasteiger partial charge in [-0.15, -0.1) is 0 Å². The zero-order chi connectivity index (χ0) is 20.3. The molecule has 3 atom stereocenters. The van der Waals surface area contributed by atoms with E-state index in [0.717, 1.165) is 43.2 Å². The fourth-order valence-corrected chi connectivity index (χ4v) is 5.27. The number of likely N-dealkylation sites (tertiary alicyclic amines) is 1. The van der Waals surface area contributed by atoms with Crippen molar-refractivity contribution in [2.75, 3.05) is 26.2 Å². The van der Waals surface area contributed by atoms with E-state index in [0.29, 0.717) is 22.5 Å². The van der Waals surface area contributed by atoms with E-state index in [1.165, 1.54) is 0 Å². The molecule has 8 nitrogen and oxygen atoms in total. The van der Waals surface area contributed by atoms with Gasteiger partial charge in [-0.05, 0) is 42.0 Å². The predicted molar refractivity (Wildman–Crippen MR) is 103 cm³/mol. The molecule has 5 rings (SSSR count). The van der Waals surface area contributed by atoms with Gasteiger partial charge in [0, 0.05) is 32.6 Å². The maximum Gasteiger partial charge on any atom is 0.262 e. The third-order valence-electron chi connectivity index (χ3n) is 6.88. The topological polar surface area (TPSA) is 98.8 Å². The van der Waals surface area contributed by atoms with Crippen molar-refractivity contribution in [3.8, 4) is 0 Å². The van der Waals surface area contributed by atoms with Crippen molar-refractivity contribution in [2.24, 2.45) is 11.3 Å². The number of carbonyl (C=O) groups excluding carboxylic acids is 4. The highest BCUT2D eigenvalue weighted by atomic mass is 16.2. The molecule has 1 unspecified atom stereocenters. The van der Waals surface area contributed by atoms with Crippen LogP contribution in [0.15, 0.2) is 18.2 Å². The lowest BCUT2D eigenvalue weighted by molar-refractivity contribution is -0.136. The van der Waals surface area contributed by atoms with Crippen molar-refractivity contribution < 1.29 is 19.2 Å². The lowest BCUT2D eigenvalue weighted by atomic mass is 9.83. The van der Waals surface area contributed by atoms with Crippen LogP contribution in [-0.4, -0.2) is 65.6 Å². The summed E-state index contributed by atoms with van der Waals surface area (Å²) in [5, 5.41) is 5.69. The number of nitrogens with one attached hydrogen (secondary N) is 2. The number of benzene rings is 1. The van der Waals surface area contributed by atoms with Gasteiger partial charge in [-0.2, -0.15) is 0 Å². The van der Waals surface area contributed by atoms with Crippen molar-refractivity contribution in [1.82, 2.24) is 20.4 Å². The SMILES string of the molecule is C[C@@]12CNC[C@@H]1CN(Cc1ccc3c(c1)C(=O)N(C1CCC(=O)NC1=O)C3=O)C2. The summed E-state index contributed by atoms with van der Waals surface area (Å²) in [6.07, 6.45) is 0.295. The number of carbonyl (C=O) groups is 4. The monoisotopic (exact) mass is 396 g/mol. The van der Waals surface area contributed by atoms with Gasteiger partial charge in [0.1, 0.15) is 6.04 Å². The molecule has 4 heterocycles. The van der Waals surface area contributed by atoms with Gasteiger partial charge in [0.15, 0.2) is 0 Å². The van der Waals surface area contributed by atoms with Gasteiger partial charge in [0.05, 0.1) is 11.1 Å². The van der Waals surface area contributed by atoms with Crippen LogP contribution in [0.3, 0.4) is 0 Å². The minimum Gasteiger partial charge on any atom is -0.316 e. The molecule has 0 spiro atoms. The Bertz CT molecular complexity index is 945. The second kappa shape index (κ2) is 6.47. The first-order chi connectivity index (χ1) is 13.9. The Labute approximate surface area is 168 Å². The molecule has 0 aliphatic carbocycles. The summed E-state index contributed by atoms with van der Waals surface area (Å²) < 4.78 is 0. The average Bonchev–Trinajstić information content (AvgIpc) is 3.24. The summed E-state index contributed by atoms with van der Waals surface area (Å²) in [6.45, 7) is 7.17. The highest BCUT2D eigenvalue weighted by Gasteiger charge is 2.47. The zero-order valence-electron chi connectivity index (χ0n) is 16.4. The molecule has 0 aromatic heterocycles. The molecular weight excluding hydrogens is 372 g/mol. The Kier molecular flexibility index (Phi) is 4.11. The van der Waals surface area contributed by atoms with E-state index < -0.39 is 23.8 Å². The van der Waals surface area contributed by atoms with Gasteiger partial charge >= 0.3 is 0 Å². The van der Waals surface area contributed by atoms with Crippen LogP contribution in [-0.2, 0) is 16.1 Å². The van der Waals surface area contributed by atoms with Crippen molar-refractivity contribution in [3.63, 3.8) is 0 Å². The summed E-state index contributed by atoms with van der Waals surface area (Å²) in [5.74, 6) is -1.22. The lowest BCUT2D eigenvalue weighted by Gasteiger charge is -2.27.